The summed E-state index contributed by atoms with van der Waals surface area (Å²) in [6, 6.07) is 6.91. The van der Waals surface area contributed by atoms with E-state index in [1.807, 2.05) is 0 Å². The molecule has 2 rings (SSSR count). The third kappa shape index (κ3) is 4.51. The van der Waals surface area contributed by atoms with Gasteiger partial charge < -0.3 is 18.9 Å². The normalized spacial score (nSPS) is 16.4. The molecule has 5 heteroatoms. The topological polar surface area (TPSA) is 54.0 Å². The summed E-state index contributed by atoms with van der Waals surface area (Å²) in [5, 5.41) is 0. The first-order chi connectivity index (χ1) is 9.79. The van der Waals surface area contributed by atoms with Crippen molar-refractivity contribution in [1.29, 1.82) is 0 Å². The summed E-state index contributed by atoms with van der Waals surface area (Å²) in [4.78, 5) is 11.6. The minimum absolute atomic E-state index is 0.312. The van der Waals surface area contributed by atoms with Crippen molar-refractivity contribution >= 4 is 5.97 Å². The van der Waals surface area contributed by atoms with Crippen molar-refractivity contribution in [2.24, 2.45) is 0 Å². The fraction of sp³-hybridized carbons (Fsp3) is 0.533. The molecule has 1 aromatic rings. The molecule has 0 spiro atoms. The Balaban J connectivity index is 1.88. The lowest BCUT2D eigenvalue weighted by Crippen LogP contribution is -2.24. The molecule has 1 aliphatic rings. The van der Waals surface area contributed by atoms with Crippen molar-refractivity contribution in [3.8, 4) is 5.75 Å². The van der Waals surface area contributed by atoms with E-state index in [-0.39, 0.29) is 12.3 Å². The van der Waals surface area contributed by atoms with Gasteiger partial charge in [0.1, 0.15) is 12.4 Å². The summed E-state index contributed by atoms with van der Waals surface area (Å²) >= 11 is 0. The van der Waals surface area contributed by atoms with Gasteiger partial charge in [-0.15, -0.1) is 0 Å². The van der Waals surface area contributed by atoms with Crippen LogP contribution in [0.5, 0.6) is 5.75 Å². The van der Waals surface area contributed by atoms with E-state index in [4.69, 9.17) is 18.9 Å². The van der Waals surface area contributed by atoms with E-state index in [0.29, 0.717) is 37.7 Å². The van der Waals surface area contributed by atoms with Gasteiger partial charge >= 0.3 is 5.97 Å². The van der Waals surface area contributed by atoms with Gasteiger partial charge in [0.2, 0.25) is 0 Å². The number of rotatable bonds is 5. The van der Waals surface area contributed by atoms with Gasteiger partial charge in [0.05, 0.1) is 12.2 Å². The Morgan fingerprint density at radius 2 is 2.05 bits per heavy atom. The molecule has 0 unspecified atom stereocenters. The van der Waals surface area contributed by atoms with Gasteiger partial charge in [-0.05, 0) is 38.0 Å². The van der Waals surface area contributed by atoms with E-state index in [1.54, 1.807) is 31.2 Å². The first kappa shape index (κ1) is 14.8. The average Bonchev–Trinajstić information content (AvgIpc) is 2.74. The zero-order chi connectivity index (χ0) is 14.2. The highest BCUT2D eigenvalue weighted by Crippen LogP contribution is 2.15. The lowest BCUT2D eigenvalue weighted by Gasteiger charge is -2.16. The molecule has 0 atom stereocenters. The average molecular weight is 280 g/mol. The SMILES string of the molecule is CCOC(=O)c1cccc(OCC2OCCCCO2)c1. The van der Waals surface area contributed by atoms with Gasteiger partial charge in [-0.3, -0.25) is 0 Å². The Kier molecular flexibility index (Phi) is 5.83. The lowest BCUT2D eigenvalue weighted by atomic mass is 10.2. The standard InChI is InChI=1S/C15H20O5/c1-2-17-15(16)12-6-5-7-13(10-12)20-11-14-18-8-3-4-9-19-14/h5-7,10,14H,2-4,8-9,11H2,1H3. The van der Waals surface area contributed by atoms with Crippen molar-refractivity contribution < 1.29 is 23.7 Å². The van der Waals surface area contributed by atoms with E-state index < -0.39 is 0 Å². The maximum Gasteiger partial charge on any atom is 0.338 e. The largest absolute Gasteiger partial charge is 0.488 e. The van der Waals surface area contributed by atoms with Gasteiger partial charge in [0.25, 0.3) is 0 Å². The molecule has 5 nitrogen and oxygen atoms in total. The Morgan fingerprint density at radius 1 is 1.30 bits per heavy atom. The number of carbonyl (C=O) groups excluding carboxylic acids is 1. The molecule has 0 aliphatic carbocycles. The molecule has 1 saturated heterocycles. The van der Waals surface area contributed by atoms with Crippen LogP contribution in [0, 0.1) is 0 Å². The second-order valence-corrected chi connectivity index (χ2v) is 4.44. The number of esters is 1. The van der Waals surface area contributed by atoms with Crippen LogP contribution in [0.15, 0.2) is 24.3 Å². The van der Waals surface area contributed by atoms with Crippen molar-refractivity contribution in [3.63, 3.8) is 0 Å². The van der Waals surface area contributed by atoms with Crippen LogP contribution in [-0.4, -0.2) is 38.7 Å². The molecule has 0 bridgehead atoms. The lowest BCUT2D eigenvalue weighted by molar-refractivity contribution is -0.143. The number of hydrogen-bond acceptors (Lipinski definition) is 5. The van der Waals surface area contributed by atoms with Gasteiger partial charge in [-0.2, -0.15) is 0 Å². The van der Waals surface area contributed by atoms with Crippen LogP contribution in [-0.2, 0) is 14.2 Å². The third-order valence-electron chi connectivity index (χ3n) is 2.88. The number of benzene rings is 1. The van der Waals surface area contributed by atoms with E-state index in [0.717, 1.165) is 12.8 Å². The van der Waals surface area contributed by atoms with Crippen molar-refractivity contribution in [1.82, 2.24) is 0 Å². The summed E-state index contributed by atoms with van der Waals surface area (Å²) in [6.07, 6.45) is 1.67. The second kappa shape index (κ2) is 7.87. The number of carbonyl (C=O) groups is 1. The summed E-state index contributed by atoms with van der Waals surface area (Å²) in [7, 11) is 0. The summed E-state index contributed by atoms with van der Waals surface area (Å²) in [5.41, 5.74) is 0.479. The van der Waals surface area contributed by atoms with Crippen LogP contribution in [0.4, 0.5) is 0 Å². The highest BCUT2D eigenvalue weighted by atomic mass is 16.7. The first-order valence-electron chi connectivity index (χ1n) is 6.93. The van der Waals surface area contributed by atoms with E-state index in [1.165, 1.54) is 0 Å². The Morgan fingerprint density at radius 3 is 2.75 bits per heavy atom. The molecular weight excluding hydrogens is 260 g/mol. The fourth-order valence-electron chi connectivity index (χ4n) is 1.87. The fourth-order valence-corrected chi connectivity index (χ4v) is 1.87. The van der Waals surface area contributed by atoms with Crippen molar-refractivity contribution in [2.45, 2.75) is 26.1 Å². The van der Waals surface area contributed by atoms with E-state index in [2.05, 4.69) is 0 Å². The van der Waals surface area contributed by atoms with Gasteiger partial charge in [0.15, 0.2) is 6.29 Å². The van der Waals surface area contributed by atoms with Gasteiger partial charge in [-0.25, -0.2) is 4.79 Å². The minimum Gasteiger partial charge on any atom is -0.488 e. The molecule has 0 amide bonds. The third-order valence-corrected chi connectivity index (χ3v) is 2.88. The summed E-state index contributed by atoms with van der Waals surface area (Å²) in [6.45, 7) is 3.83. The van der Waals surface area contributed by atoms with Crippen LogP contribution in [0.3, 0.4) is 0 Å². The van der Waals surface area contributed by atoms with E-state index in [9.17, 15) is 4.79 Å². The first-order valence-corrected chi connectivity index (χ1v) is 6.93. The van der Waals surface area contributed by atoms with Crippen LogP contribution >= 0.6 is 0 Å². The van der Waals surface area contributed by atoms with Crippen LogP contribution in [0.1, 0.15) is 30.1 Å². The highest BCUT2D eigenvalue weighted by molar-refractivity contribution is 5.89. The smallest absolute Gasteiger partial charge is 0.338 e. The Labute approximate surface area is 118 Å². The Bertz CT molecular complexity index is 424. The molecule has 0 aromatic heterocycles. The maximum absolute atomic E-state index is 11.6. The molecule has 1 heterocycles. The van der Waals surface area contributed by atoms with Crippen molar-refractivity contribution in [3.05, 3.63) is 29.8 Å². The summed E-state index contributed by atoms with van der Waals surface area (Å²) < 4.78 is 21.6. The van der Waals surface area contributed by atoms with Gasteiger partial charge in [-0.1, -0.05) is 6.07 Å². The summed E-state index contributed by atoms with van der Waals surface area (Å²) in [5.74, 6) is 0.256. The van der Waals surface area contributed by atoms with Crippen LogP contribution in [0.2, 0.25) is 0 Å². The second-order valence-electron chi connectivity index (χ2n) is 4.44. The van der Waals surface area contributed by atoms with E-state index >= 15 is 0 Å². The monoisotopic (exact) mass is 280 g/mol. The number of hydrogen-bond donors (Lipinski definition) is 0. The predicted molar refractivity (Wildman–Crippen MR) is 72.8 cm³/mol. The molecule has 20 heavy (non-hydrogen) atoms. The molecular formula is C15H20O5. The molecule has 1 aromatic carbocycles. The molecule has 0 saturated carbocycles. The number of ether oxygens (including phenoxy) is 4. The zero-order valence-corrected chi connectivity index (χ0v) is 11.7. The predicted octanol–water partition coefficient (Wildman–Crippen LogP) is 2.40. The maximum atomic E-state index is 11.6. The molecule has 1 fully saturated rings. The highest BCUT2D eigenvalue weighted by Gasteiger charge is 2.14. The molecule has 1 aliphatic heterocycles. The Hall–Kier alpha value is -1.59. The van der Waals surface area contributed by atoms with Crippen molar-refractivity contribution in [2.75, 3.05) is 26.4 Å². The minimum atomic E-state index is -0.347. The molecule has 0 radical (unpaired) electrons. The molecule has 0 N–H and O–H groups in total. The van der Waals surface area contributed by atoms with Gasteiger partial charge in [0, 0.05) is 13.2 Å². The quantitative estimate of drug-likeness (QED) is 0.775. The van der Waals surface area contributed by atoms with Crippen LogP contribution < -0.4 is 4.74 Å². The zero-order valence-electron chi connectivity index (χ0n) is 11.7. The van der Waals surface area contributed by atoms with Crippen LogP contribution in [0.25, 0.3) is 0 Å². The molecule has 110 valence electrons.